The Morgan fingerprint density at radius 1 is 1.42 bits per heavy atom. The van der Waals surface area contributed by atoms with Crippen LogP contribution in [0.15, 0.2) is 24.4 Å². The van der Waals surface area contributed by atoms with E-state index in [0.717, 1.165) is 31.6 Å². The van der Waals surface area contributed by atoms with Crippen molar-refractivity contribution in [3.05, 3.63) is 30.1 Å². The molecule has 1 aromatic rings. The Kier molecular flexibility index (Phi) is 3.40. The Morgan fingerprint density at radius 3 is 2.89 bits per heavy atom. The summed E-state index contributed by atoms with van der Waals surface area (Å²) in [5, 5.41) is 0. The first-order valence-electron chi connectivity index (χ1n) is 7.34. The monoisotopic (exact) mass is 258 g/mol. The lowest BCUT2D eigenvalue weighted by atomic mass is 9.69. The van der Waals surface area contributed by atoms with Crippen molar-refractivity contribution < 1.29 is 4.79 Å². The molecule has 0 N–H and O–H groups in total. The smallest absolute Gasteiger partial charge is 0.153 e. The second kappa shape index (κ2) is 5.04. The van der Waals surface area contributed by atoms with Gasteiger partial charge in [-0.25, -0.2) is 0 Å². The van der Waals surface area contributed by atoms with Crippen LogP contribution in [0, 0.1) is 17.8 Å². The minimum Gasteiger partial charge on any atom is -0.298 e. The van der Waals surface area contributed by atoms with E-state index in [0.29, 0.717) is 23.5 Å². The minimum atomic E-state index is 0.0728. The zero-order valence-electron chi connectivity index (χ0n) is 11.7. The fourth-order valence-electron chi connectivity index (χ4n) is 3.69. The van der Waals surface area contributed by atoms with Crippen molar-refractivity contribution in [1.82, 2.24) is 9.88 Å². The van der Waals surface area contributed by atoms with Crippen molar-refractivity contribution in [3.63, 3.8) is 0 Å². The highest BCUT2D eigenvalue weighted by molar-refractivity contribution is 5.88. The summed E-state index contributed by atoms with van der Waals surface area (Å²) < 4.78 is 0. The molecule has 3 heteroatoms. The summed E-state index contributed by atoms with van der Waals surface area (Å²) in [6.45, 7) is 6.66. The van der Waals surface area contributed by atoms with E-state index in [-0.39, 0.29) is 6.04 Å². The average Bonchev–Trinajstić information content (AvgIpc) is 2.43. The van der Waals surface area contributed by atoms with Gasteiger partial charge in [0, 0.05) is 30.8 Å². The molecule has 19 heavy (non-hydrogen) atoms. The number of fused-ring (bicyclic) bond motifs is 3. The number of carbonyl (C=O) groups excluding carboxylic acids is 1. The van der Waals surface area contributed by atoms with Gasteiger partial charge in [-0.05, 0) is 36.9 Å². The number of rotatable bonds is 3. The van der Waals surface area contributed by atoms with Crippen molar-refractivity contribution >= 4 is 5.78 Å². The Hall–Kier alpha value is -1.22. The molecule has 3 aliphatic heterocycles. The number of Topliss-reactive ketones (excluding diaryl/α,β-unsaturated/α-hetero) is 1. The predicted octanol–water partition coefficient (Wildman–Crippen LogP) is 2.17. The predicted molar refractivity (Wildman–Crippen MR) is 74.7 cm³/mol. The molecule has 0 radical (unpaired) electrons. The van der Waals surface area contributed by atoms with Crippen LogP contribution in [-0.4, -0.2) is 34.8 Å². The SMILES string of the molecule is CC(C)C1CN2CCC1C(=O)C2Cc1ccccn1. The van der Waals surface area contributed by atoms with Crippen LogP contribution in [0.1, 0.15) is 26.0 Å². The van der Waals surface area contributed by atoms with Gasteiger partial charge in [0.25, 0.3) is 0 Å². The minimum absolute atomic E-state index is 0.0728. The summed E-state index contributed by atoms with van der Waals surface area (Å²) in [6.07, 6.45) is 3.65. The first kappa shape index (κ1) is 12.8. The van der Waals surface area contributed by atoms with Gasteiger partial charge < -0.3 is 0 Å². The maximum absolute atomic E-state index is 12.6. The van der Waals surface area contributed by atoms with Crippen LogP contribution in [0.5, 0.6) is 0 Å². The third kappa shape index (κ3) is 2.32. The Morgan fingerprint density at radius 2 is 2.26 bits per heavy atom. The highest BCUT2D eigenvalue weighted by atomic mass is 16.1. The second-order valence-corrected chi connectivity index (χ2v) is 6.24. The second-order valence-electron chi connectivity index (χ2n) is 6.24. The lowest BCUT2D eigenvalue weighted by Gasteiger charge is -2.50. The number of pyridine rings is 1. The van der Waals surface area contributed by atoms with E-state index >= 15 is 0 Å². The molecule has 0 saturated carbocycles. The normalized spacial score (nSPS) is 33.9. The molecule has 3 saturated heterocycles. The molecule has 102 valence electrons. The molecular formula is C16H22N2O. The van der Waals surface area contributed by atoms with Gasteiger partial charge >= 0.3 is 0 Å². The van der Waals surface area contributed by atoms with E-state index in [1.165, 1.54) is 0 Å². The third-order valence-electron chi connectivity index (χ3n) is 4.81. The maximum Gasteiger partial charge on any atom is 0.153 e. The van der Waals surface area contributed by atoms with Crippen LogP contribution in [0.25, 0.3) is 0 Å². The molecule has 3 fully saturated rings. The molecule has 4 atom stereocenters. The summed E-state index contributed by atoms with van der Waals surface area (Å²) in [4.78, 5) is 19.4. The third-order valence-corrected chi connectivity index (χ3v) is 4.81. The molecule has 3 aliphatic rings. The molecule has 2 bridgehead atoms. The molecule has 4 unspecified atom stereocenters. The summed E-state index contributed by atoms with van der Waals surface area (Å²) in [5.41, 5.74) is 1.04. The number of hydrogen-bond acceptors (Lipinski definition) is 3. The van der Waals surface area contributed by atoms with Crippen molar-refractivity contribution in [2.24, 2.45) is 17.8 Å². The van der Waals surface area contributed by atoms with Crippen LogP contribution in [0.2, 0.25) is 0 Å². The van der Waals surface area contributed by atoms with Gasteiger partial charge in [-0.3, -0.25) is 14.7 Å². The Balaban J connectivity index is 1.77. The van der Waals surface area contributed by atoms with Gasteiger partial charge in [0.05, 0.1) is 6.04 Å². The summed E-state index contributed by atoms with van der Waals surface area (Å²) in [7, 11) is 0. The molecule has 0 aromatic carbocycles. The molecule has 4 rings (SSSR count). The molecular weight excluding hydrogens is 236 g/mol. The molecule has 4 heterocycles. The number of carbonyl (C=O) groups is 1. The van der Waals surface area contributed by atoms with Crippen molar-refractivity contribution in [2.75, 3.05) is 13.1 Å². The molecule has 1 aromatic heterocycles. The number of piperidine rings is 3. The quantitative estimate of drug-likeness (QED) is 0.833. The number of ketones is 1. The zero-order valence-corrected chi connectivity index (χ0v) is 11.7. The average molecular weight is 258 g/mol. The van der Waals surface area contributed by atoms with Crippen LogP contribution in [-0.2, 0) is 11.2 Å². The lowest BCUT2D eigenvalue weighted by molar-refractivity contribution is -0.143. The van der Waals surface area contributed by atoms with Crippen LogP contribution < -0.4 is 0 Å². The lowest BCUT2D eigenvalue weighted by Crippen LogP contribution is -2.61. The van der Waals surface area contributed by atoms with Gasteiger partial charge in [0.2, 0.25) is 0 Å². The van der Waals surface area contributed by atoms with Gasteiger partial charge in [0.1, 0.15) is 0 Å². The fourth-order valence-corrected chi connectivity index (χ4v) is 3.69. The van der Waals surface area contributed by atoms with Crippen LogP contribution in [0.4, 0.5) is 0 Å². The molecule has 0 spiro atoms. The topological polar surface area (TPSA) is 33.2 Å². The van der Waals surface area contributed by atoms with Gasteiger partial charge in [-0.15, -0.1) is 0 Å². The van der Waals surface area contributed by atoms with E-state index in [4.69, 9.17) is 0 Å². The molecule has 3 nitrogen and oxygen atoms in total. The first-order chi connectivity index (χ1) is 9.16. The summed E-state index contributed by atoms with van der Waals surface area (Å²) in [5.74, 6) is 1.91. The standard InChI is InChI=1S/C16H22N2O/c1-11(2)14-10-18-8-6-13(14)16(19)15(18)9-12-5-3-4-7-17-12/h3-5,7,11,13-15H,6,8-10H2,1-2H3. The van der Waals surface area contributed by atoms with E-state index in [9.17, 15) is 4.79 Å². The van der Waals surface area contributed by atoms with Crippen molar-refractivity contribution in [1.29, 1.82) is 0 Å². The van der Waals surface area contributed by atoms with Gasteiger partial charge in [-0.2, -0.15) is 0 Å². The van der Waals surface area contributed by atoms with E-state index in [1.54, 1.807) is 0 Å². The van der Waals surface area contributed by atoms with E-state index in [2.05, 4.69) is 23.7 Å². The zero-order chi connectivity index (χ0) is 13.4. The number of nitrogens with zero attached hydrogens (tertiary/aromatic N) is 2. The Bertz CT molecular complexity index is 457. The van der Waals surface area contributed by atoms with Gasteiger partial charge in [0.15, 0.2) is 5.78 Å². The fraction of sp³-hybridized carbons (Fsp3) is 0.625. The van der Waals surface area contributed by atoms with E-state index in [1.807, 2.05) is 24.4 Å². The summed E-state index contributed by atoms with van der Waals surface area (Å²) >= 11 is 0. The van der Waals surface area contributed by atoms with Crippen molar-refractivity contribution in [3.8, 4) is 0 Å². The Labute approximate surface area is 115 Å². The number of hydrogen-bond donors (Lipinski definition) is 0. The number of aromatic nitrogens is 1. The molecule has 0 amide bonds. The largest absolute Gasteiger partial charge is 0.298 e. The van der Waals surface area contributed by atoms with Gasteiger partial charge in [-0.1, -0.05) is 19.9 Å². The van der Waals surface area contributed by atoms with Crippen LogP contribution >= 0.6 is 0 Å². The van der Waals surface area contributed by atoms with E-state index < -0.39 is 0 Å². The molecule has 0 aliphatic carbocycles. The highest BCUT2D eigenvalue weighted by Gasteiger charge is 2.47. The van der Waals surface area contributed by atoms with Crippen molar-refractivity contribution in [2.45, 2.75) is 32.7 Å². The first-order valence-corrected chi connectivity index (χ1v) is 7.34. The maximum atomic E-state index is 12.6. The highest BCUT2D eigenvalue weighted by Crippen LogP contribution is 2.38. The summed E-state index contributed by atoms with van der Waals surface area (Å²) in [6, 6.07) is 6.02. The van der Waals surface area contributed by atoms with Crippen LogP contribution in [0.3, 0.4) is 0 Å².